The van der Waals surface area contributed by atoms with Crippen LogP contribution in [0.4, 0.5) is 0 Å². The summed E-state index contributed by atoms with van der Waals surface area (Å²) < 4.78 is 4.03. The normalized spacial score (nSPS) is 11.2. The molecule has 0 atom stereocenters. The van der Waals surface area contributed by atoms with Gasteiger partial charge in [0.1, 0.15) is 0 Å². The van der Waals surface area contributed by atoms with Crippen LogP contribution in [0.1, 0.15) is 35.3 Å². The topological polar surface area (TPSA) is 35.6 Å². The second kappa shape index (κ2) is 5.14. The molecule has 0 aliphatic rings. The molecule has 0 saturated carbocycles. The molecule has 0 fully saturated rings. The van der Waals surface area contributed by atoms with E-state index in [0.717, 1.165) is 35.7 Å². The first-order valence-electron chi connectivity index (χ1n) is 6.19. The summed E-state index contributed by atoms with van der Waals surface area (Å²) in [7, 11) is 0. The van der Waals surface area contributed by atoms with Gasteiger partial charge in [-0.05, 0) is 33.8 Å². The predicted octanol–water partition coefficient (Wildman–Crippen LogP) is 2.81. The van der Waals surface area contributed by atoms with Crippen LogP contribution in [-0.2, 0) is 19.0 Å². The van der Waals surface area contributed by atoms with Crippen molar-refractivity contribution in [1.29, 1.82) is 0 Å². The lowest BCUT2D eigenvalue weighted by Gasteiger charge is -2.07. The minimum Gasteiger partial charge on any atom is -0.268 e. The number of aryl methyl sites for hydroxylation is 3. The van der Waals surface area contributed by atoms with Crippen molar-refractivity contribution in [1.82, 2.24) is 19.6 Å². The Morgan fingerprint density at radius 3 is 2.44 bits per heavy atom. The van der Waals surface area contributed by atoms with Gasteiger partial charge < -0.3 is 0 Å². The highest BCUT2D eigenvalue weighted by Gasteiger charge is 2.12. The van der Waals surface area contributed by atoms with Crippen molar-refractivity contribution in [2.24, 2.45) is 0 Å². The van der Waals surface area contributed by atoms with E-state index in [-0.39, 0.29) is 0 Å². The summed E-state index contributed by atoms with van der Waals surface area (Å²) in [6, 6.07) is 2.11. The average Bonchev–Trinajstić information content (AvgIpc) is 2.81. The second-order valence-electron chi connectivity index (χ2n) is 4.53. The van der Waals surface area contributed by atoms with Crippen molar-refractivity contribution < 1.29 is 0 Å². The van der Waals surface area contributed by atoms with Crippen molar-refractivity contribution in [3.63, 3.8) is 0 Å². The van der Waals surface area contributed by atoms with E-state index >= 15 is 0 Å². The minimum atomic E-state index is 0.518. The van der Waals surface area contributed by atoms with Crippen molar-refractivity contribution in [2.75, 3.05) is 0 Å². The van der Waals surface area contributed by atoms with Gasteiger partial charge in [0, 0.05) is 17.8 Å². The molecule has 0 amide bonds. The predicted molar refractivity (Wildman–Crippen MR) is 73.0 cm³/mol. The summed E-state index contributed by atoms with van der Waals surface area (Å²) in [5, 5.41) is 9.01. The smallest absolute Gasteiger partial charge is 0.0831 e. The molecule has 2 aromatic heterocycles. The van der Waals surface area contributed by atoms with Crippen LogP contribution in [0.5, 0.6) is 0 Å². The standard InChI is InChI=1S/C13H19ClN4/c1-5-17-12(6-9(2)15-17)8-18-11(4)13(7-14)10(3)16-18/h6H,5,7-8H2,1-4H3. The van der Waals surface area contributed by atoms with Gasteiger partial charge in [0.25, 0.3) is 0 Å². The van der Waals surface area contributed by atoms with Gasteiger partial charge in [-0.1, -0.05) is 0 Å². The third-order valence-corrected chi connectivity index (χ3v) is 3.53. The monoisotopic (exact) mass is 266 g/mol. The van der Waals surface area contributed by atoms with E-state index in [4.69, 9.17) is 11.6 Å². The molecule has 0 aliphatic carbocycles. The number of nitrogens with zero attached hydrogens (tertiary/aromatic N) is 4. The maximum Gasteiger partial charge on any atom is 0.0831 e. The van der Waals surface area contributed by atoms with Crippen LogP contribution >= 0.6 is 11.6 Å². The molecule has 0 bridgehead atoms. The molecule has 98 valence electrons. The first kappa shape index (κ1) is 13.1. The SMILES string of the molecule is CCn1nc(C)cc1Cn1nc(C)c(CCl)c1C. The second-order valence-corrected chi connectivity index (χ2v) is 4.80. The number of halogens is 1. The molecule has 0 aliphatic heterocycles. The summed E-state index contributed by atoms with van der Waals surface area (Å²) in [5.74, 6) is 0.518. The number of hydrogen-bond acceptors (Lipinski definition) is 2. The van der Waals surface area contributed by atoms with Crippen molar-refractivity contribution in [3.8, 4) is 0 Å². The summed E-state index contributed by atoms with van der Waals surface area (Å²) in [5.41, 5.74) is 5.52. The lowest BCUT2D eigenvalue weighted by molar-refractivity contribution is 0.566. The molecular weight excluding hydrogens is 248 g/mol. The van der Waals surface area contributed by atoms with Gasteiger partial charge in [0.15, 0.2) is 0 Å². The zero-order chi connectivity index (χ0) is 13.3. The number of aromatic nitrogens is 4. The average molecular weight is 267 g/mol. The molecule has 2 heterocycles. The molecule has 2 rings (SSSR count). The third kappa shape index (κ3) is 2.29. The molecule has 2 aromatic rings. The van der Waals surface area contributed by atoms with E-state index in [0.29, 0.717) is 5.88 Å². The van der Waals surface area contributed by atoms with Crippen LogP contribution < -0.4 is 0 Å². The van der Waals surface area contributed by atoms with Crippen LogP contribution in [-0.4, -0.2) is 19.6 Å². The van der Waals surface area contributed by atoms with Gasteiger partial charge in [-0.25, -0.2) is 0 Å². The maximum atomic E-state index is 5.95. The van der Waals surface area contributed by atoms with Crippen LogP contribution in [0.3, 0.4) is 0 Å². The quantitative estimate of drug-likeness (QED) is 0.798. The molecule has 4 nitrogen and oxygen atoms in total. The van der Waals surface area contributed by atoms with Gasteiger partial charge >= 0.3 is 0 Å². The molecule has 5 heteroatoms. The summed E-state index contributed by atoms with van der Waals surface area (Å²) in [4.78, 5) is 0. The Morgan fingerprint density at radius 2 is 1.89 bits per heavy atom. The fourth-order valence-corrected chi connectivity index (χ4v) is 2.62. The summed E-state index contributed by atoms with van der Waals surface area (Å²) in [6.45, 7) is 9.81. The zero-order valence-electron chi connectivity index (χ0n) is 11.4. The van der Waals surface area contributed by atoms with E-state index in [1.807, 2.05) is 23.2 Å². The van der Waals surface area contributed by atoms with Gasteiger partial charge in [-0.15, -0.1) is 11.6 Å². The summed E-state index contributed by atoms with van der Waals surface area (Å²) in [6.07, 6.45) is 0. The first-order chi connectivity index (χ1) is 8.56. The molecule has 0 unspecified atom stereocenters. The zero-order valence-corrected chi connectivity index (χ0v) is 12.1. The Bertz CT molecular complexity index is 554. The Hall–Kier alpha value is -1.29. The molecule has 18 heavy (non-hydrogen) atoms. The Balaban J connectivity index is 2.34. The Morgan fingerprint density at radius 1 is 1.17 bits per heavy atom. The van der Waals surface area contributed by atoms with Crippen molar-refractivity contribution >= 4 is 11.6 Å². The fourth-order valence-electron chi connectivity index (χ4n) is 2.23. The fraction of sp³-hybridized carbons (Fsp3) is 0.538. The molecule has 0 radical (unpaired) electrons. The van der Waals surface area contributed by atoms with Gasteiger partial charge in [0.05, 0.1) is 29.5 Å². The molecule has 0 aromatic carbocycles. The first-order valence-corrected chi connectivity index (χ1v) is 6.72. The largest absolute Gasteiger partial charge is 0.268 e. The Kier molecular flexibility index (Phi) is 3.76. The minimum absolute atomic E-state index is 0.518. The van der Waals surface area contributed by atoms with E-state index in [1.54, 1.807) is 0 Å². The number of alkyl halides is 1. The van der Waals surface area contributed by atoms with Crippen LogP contribution in [0.2, 0.25) is 0 Å². The maximum absolute atomic E-state index is 5.95. The lowest BCUT2D eigenvalue weighted by atomic mass is 10.2. The summed E-state index contributed by atoms with van der Waals surface area (Å²) >= 11 is 5.95. The van der Waals surface area contributed by atoms with Crippen LogP contribution in [0, 0.1) is 20.8 Å². The van der Waals surface area contributed by atoms with Gasteiger partial charge in [0.2, 0.25) is 0 Å². The van der Waals surface area contributed by atoms with Crippen molar-refractivity contribution in [3.05, 3.63) is 34.4 Å². The molecular formula is C13H19ClN4. The van der Waals surface area contributed by atoms with E-state index < -0.39 is 0 Å². The molecule has 0 N–H and O–H groups in total. The van der Waals surface area contributed by atoms with Crippen molar-refractivity contribution in [2.45, 2.75) is 46.7 Å². The van der Waals surface area contributed by atoms with Gasteiger partial charge in [-0.3, -0.25) is 9.36 Å². The number of hydrogen-bond donors (Lipinski definition) is 0. The lowest BCUT2D eigenvalue weighted by Crippen LogP contribution is -2.10. The third-order valence-electron chi connectivity index (χ3n) is 3.26. The highest BCUT2D eigenvalue weighted by atomic mass is 35.5. The number of rotatable bonds is 4. The van der Waals surface area contributed by atoms with E-state index in [2.05, 4.69) is 30.1 Å². The van der Waals surface area contributed by atoms with E-state index in [9.17, 15) is 0 Å². The Labute approximate surface area is 113 Å². The highest BCUT2D eigenvalue weighted by molar-refractivity contribution is 6.17. The van der Waals surface area contributed by atoms with E-state index in [1.165, 1.54) is 5.69 Å². The molecule has 0 saturated heterocycles. The van der Waals surface area contributed by atoms with Gasteiger partial charge in [-0.2, -0.15) is 10.2 Å². The highest BCUT2D eigenvalue weighted by Crippen LogP contribution is 2.17. The van der Waals surface area contributed by atoms with Crippen LogP contribution in [0.15, 0.2) is 6.07 Å². The molecule has 0 spiro atoms. The van der Waals surface area contributed by atoms with Crippen LogP contribution in [0.25, 0.3) is 0 Å².